The number of carbonyl (C=O) groups is 1. The van der Waals surface area contributed by atoms with Crippen molar-refractivity contribution in [2.24, 2.45) is 0 Å². The molecular formula is C17H19N3O3S. The van der Waals surface area contributed by atoms with Gasteiger partial charge in [-0.3, -0.25) is 9.10 Å². The SMILES string of the molecule is CC(=O)N1c2ccc(S(=O)(=O)N(C)c3ccccn3)cc2CC1C. The quantitative estimate of drug-likeness (QED) is 0.855. The zero-order valence-corrected chi connectivity index (χ0v) is 14.6. The van der Waals surface area contributed by atoms with Gasteiger partial charge in [-0.2, -0.15) is 0 Å². The second kappa shape index (κ2) is 5.90. The predicted molar refractivity (Wildman–Crippen MR) is 92.6 cm³/mol. The third-order valence-corrected chi connectivity index (χ3v) is 5.99. The van der Waals surface area contributed by atoms with Gasteiger partial charge in [0, 0.05) is 31.9 Å². The van der Waals surface area contributed by atoms with Crippen LogP contribution in [0.1, 0.15) is 19.4 Å². The van der Waals surface area contributed by atoms with Gasteiger partial charge in [-0.1, -0.05) is 6.07 Å². The van der Waals surface area contributed by atoms with Crippen LogP contribution in [0.5, 0.6) is 0 Å². The number of fused-ring (bicyclic) bond motifs is 1. The molecule has 2 heterocycles. The minimum Gasteiger partial charge on any atom is -0.309 e. The van der Waals surface area contributed by atoms with Gasteiger partial charge in [0.2, 0.25) is 5.91 Å². The van der Waals surface area contributed by atoms with Gasteiger partial charge in [0.05, 0.1) is 4.90 Å². The van der Waals surface area contributed by atoms with Crippen LogP contribution in [-0.2, 0) is 21.2 Å². The molecule has 1 aliphatic heterocycles. The molecule has 1 atom stereocenters. The van der Waals surface area contributed by atoms with E-state index >= 15 is 0 Å². The average Bonchev–Trinajstić information content (AvgIpc) is 2.89. The molecule has 0 N–H and O–H groups in total. The summed E-state index contributed by atoms with van der Waals surface area (Å²) in [5, 5.41) is 0. The maximum absolute atomic E-state index is 12.8. The number of sulfonamides is 1. The summed E-state index contributed by atoms with van der Waals surface area (Å²) in [7, 11) is -2.22. The highest BCUT2D eigenvalue weighted by molar-refractivity contribution is 7.92. The second-order valence-corrected chi connectivity index (χ2v) is 7.86. The number of amides is 1. The van der Waals surface area contributed by atoms with Gasteiger partial charge in [0.1, 0.15) is 5.82 Å². The normalized spacial score (nSPS) is 16.8. The van der Waals surface area contributed by atoms with Gasteiger partial charge in [0.15, 0.2) is 0 Å². The van der Waals surface area contributed by atoms with Crippen molar-refractivity contribution >= 4 is 27.4 Å². The van der Waals surface area contributed by atoms with E-state index in [-0.39, 0.29) is 16.8 Å². The summed E-state index contributed by atoms with van der Waals surface area (Å²) < 4.78 is 26.8. The van der Waals surface area contributed by atoms with Crippen LogP contribution in [0, 0.1) is 0 Å². The van der Waals surface area contributed by atoms with Crippen LogP contribution in [0.25, 0.3) is 0 Å². The minimum atomic E-state index is -3.70. The van der Waals surface area contributed by atoms with E-state index in [1.165, 1.54) is 14.0 Å². The summed E-state index contributed by atoms with van der Waals surface area (Å²) in [4.78, 5) is 17.8. The Hall–Kier alpha value is -2.41. The molecule has 1 aromatic heterocycles. The molecule has 0 aliphatic carbocycles. The molecule has 0 bridgehead atoms. The van der Waals surface area contributed by atoms with E-state index in [4.69, 9.17) is 0 Å². The smallest absolute Gasteiger partial charge is 0.265 e. The van der Waals surface area contributed by atoms with Gasteiger partial charge in [-0.25, -0.2) is 13.4 Å². The van der Waals surface area contributed by atoms with Gasteiger partial charge in [0.25, 0.3) is 10.0 Å². The minimum absolute atomic E-state index is 0.0315. The highest BCUT2D eigenvalue weighted by Crippen LogP contribution is 2.34. The molecule has 0 saturated carbocycles. The number of benzene rings is 1. The highest BCUT2D eigenvalue weighted by Gasteiger charge is 2.31. The zero-order valence-electron chi connectivity index (χ0n) is 13.8. The van der Waals surface area contributed by atoms with Crippen LogP contribution < -0.4 is 9.21 Å². The van der Waals surface area contributed by atoms with E-state index in [0.29, 0.717) is 12.2 Å². The Morgan fingerprint density at radius 1 is 1.29 bits per heavy atom. The Labute approximate surface area is 141 Å². The van der Waals surface area contributed by atoms with E-state index in [2.05, 4.69) is 4.98 Å². The maximum atomic E-state index is 12.8. The molecule has 6 nitrogen and oxygen atoms in total. The van der Waals surface area contributed by atoms with Gasteiger partial charge in [-0.05, 0) is 49.2 Å². The molecule has 1 aromatic carbocycles. The van der Waals surface area contributed by atoms with Crippen molar-refractivity contribution in [2.75, 3.05) is 16.3 Å². The summed E-state index contributed by atoms with van der Waals surface area (Å²) in [6.07, 6.45) is 2.20. The first kappa shape index (κ1) is 16.4. The van der Waals surface area contributed by atoms with E-state index in [1.807, 2.05) is 6.92 Å². The molecule has 7 heteroatoms. The van der Waals surface area contributed by atoms with Crippen molar-refractivity contribution in [2.45, 2.75) is 31.2 Å². The van der Waals surface area contributed by atoms with Crippen molar-refractivity contribution < 1.29 is 13.2 Å². The van der Waals surface area contributed by atoms with Crippen LogP contribution in [0.15, 0.2) is 47.5 Å². The fourth-order valence-corrected chi connectivity index (χ4v) is 4.27. The number of hydrogen-bond donors (Lipinski definition) is 0. The van der Waals surface area contributed by atoms with E-state index < -0.39 is 10.0 Å². The molecular weight excluding hydrogens is 326 g/mol. The van der Waals surface area contributed by atoms with Crippen LogP contribution in [-0.4, -0.2) is 32.4 Å². The van der Waals surface area contributed by atoms with Crippen LogP contribution in [0.3, 0.4) is 0 Å². The lowest BCUT2D eigenvalue weighted by atomic mass is 10.1. The molecule has 1 unspecified atom stereocenters. The molecule has 2 aromatic rings. The van der Waals surface area contributed by atoms with E-state index in [1.54, 1.807) is 47.5 Å². The largest absolute Gasteiger partial charge is 0.309 e. The first-order valence-electron chi connectivity index (χ1n) is 7.65. The lowest BCUT2D eigenvalue weighted by Gasteiger charge is -2.21. The molecule has 0 radical (unpaired) electrons. The lowest BCUT2D eigenvalue weighted by molar-refractivity contribution is -0.116. The molecule has 0 saturated heterocycles. The van der Waals surface area contributed by atoms with Crippen molar-refractivity contribution in [3.63, 3.8) is 0 Å². The van der Waals surface area contributed by atoms with Crippen LogP contribution in [0.2, 0.25) is 0 Å². The molecule has 126 valence electrons. The van der Waals surface area contributed by atoms with Gasteiger partial charge >= 0.3 is 0 Å². The number of hydrogen-bond acceptors (Lipinski definition) is 4. The number of nitrogens with zero attached hydrogens (tertiary/aromatic N) is 3. The number of aromatic nitrogens is 1. The van der Waals surface area contributed by atoms with E-state index in [9.17, 15) is 13.2 Å². The van der Waals surface area contributed by atoms with Crippen LogP contribution >= 0.6 is 0 Å². The number of pyridine rings is 1. The zero-order chi connectivity index (χ0) is 17.5. The van der Waals surface area contributed by atoms with Gasteiger partial charge in [-0.15, -0.1) is 0 Å². The standard InChI is InChI=1S/C17H19N3O3S/c1-12-10-14-11-15(7-8-16(14)20(12)13(2)21)24(22,23)19(3)17-6-4-5-9-18-17/h4-9,11-12H,10H2,1-3H3. The monoisotopic (exact) mass is 345 g/mol. The molecule has 0 spiro atoms. The lowest BCUT2D eigenvalue weighted by Crippen LogP contribution is -2.33. The summed E-state index contributed by atoms with van der Waals surface area (Å²) in [5.41, 5.74) is 1.66. The molecule has 24 heavy (non-hydrogen) atoms. The van der Waals surface area contributed by atoms with Gasteiger partial charge < -0.3 is 4.90 Å². The summed E-state index contributed by atoms with van der Waals surface area (Å²) in [6, 6.07) is 10.1. The topological polar surface area (TPSA) is 70.6 Å². The summed E-state index contributed by atoms with van der Waals surface area (Å²) in [6.45, 7) is 3.47. The van der Waals surface area contributed by atoms with Crippen molar-refractivity contribution in [3.8, 4) is 0 Å². The summed E-state index contributed by atoms with van der Waals surface area (Å²) >= 11 is 0. The Kier molecular flexibility index (Phi) is 4.04. The highest BCUT2D eigenvalue weighted by atomic mass is 32.2. The average molecular weight is 345 g/mol. The summed E-state index contributed by atoms with van der Waals surface area (Å²) in [5.74, 6) is 0.319. The Balaban J connectivity index is 2.00. The molecule has 1 amide bonds. The number of carbonyl (C=O) groups excluding carboxylic acids is 1. The van der Waals surface area contributed by atoms with Crippen molar-refractivity contribution in [1.82, 2.24) is 4.98 Å². The Morgan fingerprint density at radius 2 is 2.04 bits per heavy atom. The number of rotatable bonds is 3. The van der Waals surface area contributed by atoms with Crippen molar-refractivity contribution in [3.05, 3.63) is 48.2 Å². The van der Waals surface area contributed by atoms with Crippen molar-refractivity contribution in [1.29, 1.82) is 0 Å². The first-order valence-corrected chi connectivity index (χ1v) is 9.09. The fourth-order valence-electron chi connectivity index (χ4n) is 3.07. The van der Waals surface area contributed by atoms with E-state index in [0.717, 1.165) is 15.6 Å². The number of anilines is 2. The Bertz CT molecular complexity index is 881. The molecule has 1 aliphatic rings. The van der Waals surface area contributed by atoms with Crippen LogP contribution in [0.4, 0.5) is 11.5 Å². The third kappa shape index (κ3) is 2.65. The molecule has 0 fully saturated rings. The third-order valence-electron chi connectivity index (χ3n) is 4.24. The maximum Gasteiger partial charge on any atom is 0.265 e. The second-order valence-electron chi connectivity index (χ2n) is 5.89. The Morgan fingerprint density at radius 3 is 2.67 bits per heavy atom. The molecule has 3 rings (SSSR count). The predicted octanol–water partition coefficient (Wildman–Crippen LogP) is 2.20. The fraction of sp³-hybridized carbons (Fsp3) is 0.294. The first-order chi connectivity index (χ1) is 11.3.